The lowest BCUT2D eigenvalue weighted by Crippen LogP contribution is -2.39. The van der Waals surface area contributed by atoms with Gasteiger partial charge in [-0.1, -0.05) is 0 Å². The minimum absolute atomic E-state index is 0.323. The van der Waals surface area contributed by atoms with Crippen molar-refractivity contribution in [3.05, 3.63) is 0 Å². The van der Waals surface area contributed by atoms with Crippen LogP contribution in [-0.2, 0) is 18.9 Å². The van der Waals surface area contributed by atoms with Crippen LogP contribution in [0.2, 0.25) is 0 Å². The van der Waals surface area contributed by atoms with Crippen LogP contribution in [0.3, 0.4) is 0 Å². The zero-order valence-corrected chi connectivity index (χ0v) is 13.2. The van der Waals surface area contributed by atoms with Gasteiger partial charge >= 0.3 is 0 Å². The van der Waals surface area contributed by atoms with Crippen LogP contribution in [0.25, 0.3) is 0 Å². The van der Waals surface area contributed by atoms with E-state index in [0.29, 0.717) is 52.8 Å². The molecule has 1 unspecified atom stereocenters. The number of aliphatic hydroxyl groups is 1. The maximum Gasteiger partial charge on any atom is 0.0900 e. The van der Waals surface area contributed by atoms with E-state index in [1.807, 2.05) is 13.8 Å². The van der Waals surface area contributed by atoms with Crippen LogP contribution in [0.5, 0.6) is 0 Å². The van der Waals surface area contributed by atoms with Gasteiger partial charge in [-0.05, 0) is 13.8 Å². The molecule has 1 N–H and O–H groups in total. The second-order valence-corrected chi connectivity index (χ2v) is 4.42. The molecule has 1 atom stereocenters. The Labute approximate surface area is 122 Å². The molecule has 0 heterocycles. The van der Waals surface area contributed by atoms with E-state index in [1.165, 1.54) is 0 Å². The van der Waals surface area contributed by atoms with Gasteiger partial charge in [0.25, 0.3) is 0 Å². The molecule has 122 valence electrons. The number of aliphatic hydroxyl groups excluding tert-OH is 1. The fourth-order valence-electron chi connectivity index (χ4n) is 1.68. The van der Waals surface area contributed by atoms with Crippen LogP contribution in [0.15, 0.2) is 0 Å². The Morgan fingerprint density at radius 3 is 2.00 bits per heavy atom. The first-order chi connectivity index (χ1) is 9.74. The second kappa shape index (κ2) is 15.2. The Hall–Kier alpha value is -0.240. The van der Waals surface area contributed by atoms with Gasteiger partial charge in [-0.15, -0.1) is 0 Å². The van der Waals surface area contributed by atoms with Crippen LogP contribution >= 0.6 is 0 Å². The Morgan fingerprint density at radius 1 is 0.900 bits per heavy atom. The van der Waals surface area contributed by atoms with Crippen LogP contribution in [0.1, 0.15) is 13.8 Å². The van der Waals surface area contributed by atoms with E-state index in [2.05, 4.69) is 4.90 Å². The molecular formula is C14H31NO5. The molecule has 0 aliphatic rings. The molecule has 0 aliphatic heterocycles. The van der Waals surface area contributed by atoms with Crippen LogP contribution in [0.4, 0.5) is 0 Å². The molecular weight excluding hydrogens is 262 g/mol. The summed E-state index contributed by atoms with van der Waals surface area (Å²) in [6.45, 7) is 10.2. The molecule has 6 nitrogen and oxygen atoms in total. The van der Waals surface area contributed by atoms with Crippen molar-refractivity contribution in [1.82, 2.24) is 4.90 Å². The van der Waals surface area contributed by atoms with E-state index >= 15 is 0 Å². The van der Waals surface area contributed by atoms with E-state index < -0.39 is 6.10 Å². The van der Waals surface area contributed by atoms with E-state index in [0.717, 1.165) is 13.1 Å². The Kier molecular flexibility index (Phi) is 15.0. The lowest BCUT2D eigenvalue weighted by Gasteiger charge is -2.24. The second-order valence-electron chi connectivity index (χ2n) is 4.42. The third kappa shape index (κ3) is 12.8. The molecule has 0 aliphatic carbocycles. The highest BCUT2D eigenvalue weighted by molar-refractivity contribution is 4.64. The smallest absolute Gasteiger partial charge is 0.0900 e. The Morgan fingerprint density at radius 2 is 1.50 bits per heavy atom. The van der Waals surface area contributed by atoms with Crippen molar-refractivity contribution in [2.24, 2.45) is 0 Å². The van der Waals surface area contributed by atoms with Gasteiger partial charge in [0.2, 0.25) is 0 Å². The van der Waals surface area contributed by atoms with E-state index in [1.54, 1.807) is 7.11 Å². The average molecular weight is 293 g/mol. The van der Waals surface area contributed by atoms with E-state index in [9.17, 15) is 5.11 Å². The minimum Gasteiger partial charge on any atom is -0.389 e. The zero-order chi connectivity index (χ0) is 15.1. The molecule has 0 radical (unpaired) electrons. The van der Waals surface area contributed by atoms with Gasteiger partial charge in [-0.2, -0.15) is 0 Å². The first kappa shape index (κ1) is 19.8. The third-order valence-electron chi connectivity index (χ3n) is 2.72. The van der Waals surface area contributed by atoms with Gasteiger partial charge < -0.3 is 24.1 Å². The molecule has 0 rings (SSSR count). The van der Waals surface area contributed by atoms with Gasteiger partial charge in [-0.3, -0.25) is 4.90 Å². The molecule has 0 aromatic heterocycles. The molecule has 0 aromatic carbocycles. The number of hydrogen-bond donors (Lipinski definition) is 1. The maximum atomic E-state index is 9.94. The van der Waals surface area contributed by atoms with Crippen molar-refractivity contribution in [1.29, 1.82) is 0 Å². The highest BCUT2D eigenvalue weighted by atomic mass is 16.5. The predicted molar refractivity (Wildman–Crippen MR) is 78.1 cm³/mol. The number of rotatable bonds is 15. The average Bonchev–Trinajstić information content (AvgIpc) is 2.44. The topological polar surface area (TPSA) is 60.4 Å². The fraction of sp³-hybridized carbons (Fsp3) is 1.00. The molecule has 20 heavy (non-hydrogen) atoms. The number of hydrogen-bond acceptors (Lipinski definition) is 6. The summed E-state index contributed by atoms with van der Waals surface area (Å²) in [7, 11) is 1.63. The maximum absolute atomic E-state index is 9.94. The van der Waals surface area contributed by atoms with E-state index in [-0.39, 0.29) is 0 Å². The predicted octanol–water partition coefficient (Wildman–Crippen LogP) is 0.385. The Balaban J connectivity index is 3.84. The van der Waals surface area contributed by atoms with Crippen LogP contribution in [0, 0.1) is 0 Å². The minimum atomic E-state index is -0.505. The zero-order valence-electron chi connectivity index (χ0n) is 13.2. The summed E-state index contributed by atoms with van der Waals surface area (Å²) in [5.41, 5.74) is 0. The lowest BCUT2D eigenvalue weighted by molar-refractivity contribution is -0.00821. The normalized spacial score (nSPS) is 13.1. The molecule has 6 heteroatoms. The number of ether oxygens (including phenoxy) is 4. The highest BCUT2D eigenvalue weighted by Crippen LogP contribution is 1.96. The number of methoxy groups -OCH3 is 1. The molecule has 0 aromatic rings. The summed E-state index contributed by atoms with van der Waals surface area (Å²) in [5.74, 6) is 0. The first-order valence-electron chi connectivity index (χ1n) is 7.37. The standard InChI is InChI=1S/C14H31NO5/c1-4-18-8-6-15(7-9-19-5-2)12-14(16)13-20-11-10-17-3/h14,16H,4-13H2,1-3H3. The van der Waals surface area contributed by atoms with Crippen molar-refractivity contribution >= 4 is 0 Å². The van der Waals surface area contributed by atoms with Crippen LogP contribution < -0.4 is 0 Å². The van der Waals surface area contributed by atoms with Gasteiger partial charge in [0, 0.05) is 40.0 Å². The summed E-state index contributed by atoms with van der Waals surface area (Å²) in [6, 6.07) is 0. The monoisotopic (exact) mass is 293 g/mol. The summed E-state index contributed by atoms with van der Waals surface area (Å²) < 4.78 is 20.9. The number of nitrogens with zero attached hydrogens (tertiary/aromatic N) is 1. The molecule has 0 bridgehead atoms. The summed E-state index contributed by atoms with van der Waals surface area (Å²) in [6.07, 6.45) is -0.505. The SMILES string of the molecule is CCOCCN(CCOCC)CC(O)COCCOC. The van der Waals surface area contributed by atoms with Gasteiger partial charge in [0.15, 0.2) is 0 Å². The Bertz CT molecular complexity index is 184. The summed E-state index contributed by atoms with van der Waals surface area (Å²) in [5, 5.41) is 9.94. The summed E-state index contributed by atoms with van der Waals surface area (Å²) in [4.78, 5) is 2.13. The van der Waals surface area contributed by atoms with Gasteiger partial charge in [0.1, 0.15) is 0 Å². The lowest BCUT2D eigenvalue weighted by atomic mass is 10.3. The van der Waals surface area contributed by atoms with Crippen molar-refractivity contribution in [2.75, 3.05) is 73.0 Å². The first-order valence-corrected chi connectivity index (χ1v) is 7.37. The largest absolute Gasteiger partial charge is 0.389 e. The van der Waals surface area contributed by atoms with Crippen LogP contribution in [-0.4, -0.2) is 89.1 Å². The summed E-state index contributed by atoms with van der Waals surface area (Å²) >= 11 is 0. The van der Waals surface area contributed by atoms with Gasteiger partial charge in [-0.25, -0.2) is 0 Å². The molecule has 0 spiro atoms. The molecule has 0 saturated carbocycles. The van der Waals surface area contributed by atoms with Crippen molar-refractivity contribution in [3.63, 3.8) is 0 Å². The van der Waals surface area contributed by atoms with Crippen molar-refractivity contribution in [3.8, 4) is 0 Å². The third-order valence-corrected chi connectivity index (χ3v) is 2.72. The van der Waals surface area contributed by atoms with Gasteiger partial charge in [0.05, 0.1) is 39.1 Å². The fourth-order valence-corrected chi connectivity index (χ4v) is 1.68. The van der Waals surface area contributed by atoms with Crippen molar-refractivity contribution in [2.45, 2.75) is 20.0 Å². The van der Waals surface area contributed by atoms with E-state index in [4.69, 9.17) is 18.9 Å². The molecule has 0 fully saturated rings. The molecule has 0 amide bonds. The molecule has 0 saturated heterocycles. The highest BCUT2D eigenvalue weighted by Gasteiger charge is 2.12. The quantitative estimate of drug-likeness (QED) is 0.441. The van der Waals surface area contributed by atoms with Crippen molar-refractivity contribution < 1.29 is 24.1 Å².